The van der Waals surface area contributed by atoms with Gasteiger partial charge in [-0.25, -0.2) is 4.79 Å². The molecular weight excluding hydrogens is 274 g/mol. The van der Waals surface area contributed by atoms with Gasteiger partial charge in [0.1, 0.15) is 5.75 Å². The molecular formula is C15H17NO5. The largest absolute Gasteiger partial charge is 0.425 e. The van der Waals surface area contributed by atoms with Crippen LogP contribution >= 0.6 is 0 Å². The summed E-state index contributed by atoms with van der Waals surface area (Å²) in [6.45, 7) is 1.11. The van der Waals surface area contributed by atoms with Crippen molar-refractivity contribution in [3.8, 4) is 5.75 Å². The zero-order valence-corrected chi connectivity index (χ0v) is 11.5. The van der Waals surface area contributed by atoms with Crippen LogP contribution in [0.1, 0.15) is 12.8 Å². The SMILES string of the molecule is O=C(Nc1ccc(OC(=O)[C@H]2COCCO2)cc1)C1CC1. The van der Waals surface area contributed by atoms with Crippen molar-refractivity contribution >= 4 is 17.6 Å². The fourth-order valence-electron chi connectivity index (χ4n) is 2.00. The molecule has 1 saturated carbocycles. The molecule has 1 N–H and O–H groups in total. The summed E-state index contributed by atoms with van der Waals surface area (Å²) in [4.78, 5) is 23.4. The van der Waals surface area contributed by atoms with Crippen molar-refractivity contribution in [2.75, 3.05) is 25.1 Å². The van der Waals surface area contributed by atoms with Crippen LogP contribution in [0, 0.1) is 5.92 Å². The van der Waals surface area contributed by atoms with Gasteiger partial charge in [-0.1, -0.05) is 0 Å². The van der Waals surface area contributed by atoms with Gasteiger partial charge in [-0.05, 0) is 37.1 Å². The molecule has 6 heteroatoms. The van der Waals surface area contributed by atoms with Crippen LogP contribution in [0.15, 0.2) is 24.3 Å². The quantitative estimate of drug-likeness (QED) is 0.669. The molecule has 1 aliphatic heterocycles. The minimum absolute atomic E-state index is 0.0486. The Morgan fingerprint density at radius 2 is 1.90 bits per heavy atom. The Morgan fingerprint density at radius 1 is 1.14 bits per heavy atom. The summed E-state index contributed by atoms with van der Waals surface area (Å²) in [5, 5.41) is 2.82. The number of ether oxygens (including phenoxy) is 3. The first kappa shape index (κ1) is 14.0. The van der Waals surface area contributed by atoms with Crippen LogP contribution in [-0.2, 0) is 19.1 Å². The maximum absolute atomic E-state index is 11.8. The van der Waals surface area contributed by atoms with Gasteiger partial charge in [0, 0.05) is 11.6 Å². The molecule has 1 saturated heterocycles. The van der Waals surface area contributed by atoms with Crippen molar-refractivity contribution in [2.45, 2.75) is 18.9 Å². The van der Waals surface area contributed by atoms with Crippen molar-refractivity contribution in [3.05, 3.63) is 24.3 Å². The summed E-state index contributed by atoms with van der Waals surface area (Å²) in [5.74, 6) is 0.154. The average molecular weight is 291 g/mol. The lowest BCUT2D eigenvalue weighted by atomic mass is 10.3. The van der Waals surface area contributed by atoms with Gasteiger partial charge in [-0.15, -0.1) is 0 Å². The zero-order chi connectivity index (χ0) is 14.7. The third kappa shape index (κ3) is 3.80. The van der Waals surface area contributed by atoms with Crippen molar-refractivity contribution in [1.82, 2.24) is 0 Å². The Morgan fingerprint density at radius 3 is 2.52 bits per heavy atom. The van der Waals surface area contributed by atoms with E-state index in [1.165, 1.54) is 0 Å². The number of carbonyl (C=O) groups excluding carboxylic acids is 2. The highest BCUT2D eigenvalue weighted by atomic mass is 16.6. The lowest BCUT2D eigenvalue weighted by molar-refractivity contribution is -0.161. The van der Waals surface area contributed by atoms with Gasteiger partial charge in [0.05, 0.1) is 19.8 Å². The molecule has 1 amide bonds. The number of carbonyl (C=O) groups is 2. The average Bonchev–Trinajstić information content (AvgIpc) is 3.35. The Balaban J connectivity index is 1.53. The standard InChI is InChI=1S/C15H17NO5/c17-14(10-1-2-10)16-11-3-5-12(6-4-11)21-15(18)13-9-19-7-8-20-13/h3-6,10,13H,1-2,7-9H2,(H,16,17)/t13-/m1/s1. The molecule has 1 aromatic carbocycles. The Kier molecular flexibility index (Phi) is 4.17. The van der Waals surface area contributed by atoms with Crippen LogP contribution in [0.2, 0.25) is 0 Å². The summed E-state index contributed by atoms with van der Waals surface area (Å²) in [5.41, 5.74) is 0.698. The summed E-state index contributed by atoms with van der Waals surface area (Å²) in [7, 11) is 0. The summed E-state index contributed by atoms with van der Waals surface area (Å²) < 4.78 is 15.6. The second kappa shape index (κ2) is 6.24. The van der Waals surface area contributed by atoms with Crippen molar-refractivity contribution in [3.63, 3.8) is 0 Å². The number of hydrogen-bond donors (Lipinski definition) is 1. The molecule has 2 fully saturated rings. The van der Waals surface area contributed by atoms with E-state index in [9.17, 15) is 9.59 Å². The van der Waals surface area contributed by atoms with Gasteiger partial charge in [0.15, 0.2) is 6.10 Å². The predicted molar refractivity (Wildman–Crippen MR) is 74.0 cm³/mol. The molecule has 21 heavy (non-hydrogen) atoms. The molecule has 1 atom stereocenters. The zero-order valence-electron chi connectivity index (χ0n) is 11.5. The van der Waals surface area contributed by atoms with Crippen molar-refractivity contribution in [1.29, 1.82) is 0 Å². The summed E-state index contributed by atoms with van der Waals surface area (Å²) in [6, 6.07) is 6.70. The van der Waals surface area contributed by atoms with Gasteiger partial charge in [0.2, 0.25) is 5.91 Å². The van der Waals surface area contributed by atoms with E-state index in [2.05, 4.69) is 5.32 Å². The molecule has 1 aliphatic carbocycles. The van der Waals surface area contributed by atoms with Crippen LogP contribution in [0.25, 0.3) is 0 Å². The lowest BCUT2D eigenvalue weighted by Crippen LogP contribution is -2.38. The number of hydrogen-bond acceptors (Lipinski definition) is 5. The van der Waals surface area contributed by atoms with Crippen molar-refractivity contribution in [2.24, 2.45) is 5.92 Å². The van der Waals surface area contributed by atoms with Crippen molar-refractivity contribution < 1.29 is 23.8 Å². The van der Waals surface area contributed by atoms with Gasteiger partial charge in [-0.3, -0.25) is 4.79 Å². The van der Waals surface area contributed by atoms with E-state index >= 15 is 0 Å². The van der Waals surface area contributed by atoms with E-state index < -0.39 is 12.1 Å². The number of amides is 1. The van der Waals surface area contributed by atoms with E-state index in [0.29, 0.717) is 24.7 Å². The van der Waals surface area contributed by atoms with Gasteiger partial charge in [-0.2, -0.15) is 0 Å². The summed E-state index contributed by atoms with van der Waals surface area (Å²) >= 11 is 0. The minimum atomic E-state index is -0.673. The highest BCUT2D eigenvalue weighted by Gasteiger charge is 2.29. The van der Waals surface area contributed by atoms with Crippen LogP contribution in [-0.4, -0.2) is 37.8 Å². The highest BCUT2D eigenvalue weighted by molar-refractivity contribution is 5.94. The maximum atomic E-state index is 11.8. The fourth-order valence-corrected chi connectivity index (χ4v) is 2.00. The van der Waals surface area contributed by atoms with Gasteiger partial charge in [0.25, 0.3) is 0 Å². The van der Waals surface area contributed by atoms with Crippen LogP contribution < -0.4 is 10.1 Å². The first-order valence-electron chi connectivity index (χ1n) is 7.04. The molecule has 0 bridgehead atoms. The van der Waals surface area contributed by atoms with E-state index in [-0.39, 0.29) is 18.4 Å². The topological polar surface area (TPSA) is 73.9 Å². The molecule has 0 unspecified atom stereocenters. The second-order valence-corrected chi connectivity index (χ2v) is 5.14. The molecule has 3 rings (SSSR count). The van der Waals surface area contributed by atoms with E-state index in [1.807, 2.05) is 0 Å². The molecule has 0 radical (unpaired) electrons. The van der Waals surface area contributed by atoms with E-state index in [0.717, 1.165) is 12.8 Å². The number of anilines is 1. The van der Waals surface area contributed by atoms with Crippen LogP contribution in [0.5, 0.6) is 5.75 Å². The minimum Gasteiger partial charge on any atom is -0.425 e. The number of rotatable bonds is 4. The Labute approximate surface area is 122 Å². The normalized spacial score (nSPS) is 21.6. The lowest BCUT2D eigenvalue weighted by Gasteiger charge is -2.21. The third-order valence-corrected chi connectivity index (χ3v) is 3.37. The monoisotopic (exact) mass is 291 g/mol. The second-order valence-electron chi connectivity index (χ2n) is 5.14. The maximum Gasteiger partial charge on any atom is 0.343 e. The molecule has 112 valence electrons. The molecule has 0 aromatic heterocycles. The molecule has 1 heterocycles. The smallest absolute Gasteiger partial charge is 0.343 e. The van der Waals surface area contributed by atoms with E-state index in [1.54, 1.807) is 24.3 Å². The molecule has 2 aliphatic rings. The summed E-state index contributed by atoms with van der Waals surface area (Å²) in [6.07, 6.45) is 1.25. The third-order valence-electron chi connectivity index (χ3n) is 3.37. The first-order chi connectivity index (χ1) is 10.2. The Bertz CT molecular complexity index is 517. The van der Waals surface area contributed by atoms with Crippen LogP contribution in [0.4, 0.5) is 5.69 Å². The predicted octanol–water partition coefficient (Wildman–Crippen LogP) is 1.36. The molecule has 6 nitrogen and oxygen atoms in total. The van der Waals surface area contributed by atoms with Crippen LogP contribution in [0.3, 0.4) is 0 Å². The Hall–Kier alpha value is -1.92. The number of esters is 1. The highest BCUT2D eigenvalue weighted by Crippen LogP contribution is 2.30. The molecule has 1 aromatic rings. The fraction of sp³-hybridized carbons (Fsp3) is 0.467. The van der Waals surface area contributed by atoms with Gasteiger partial charge < -0.3 is 19.5 Å². The first-order valence-corrected chi connectivity index (χ1v) is 7.04. The number of nitrogens with one attached hydrogen (secondary N) is 1. The van der Waals surface area contributed by atoms with Gasteiger partial charge >= 0.3 is 5.97 Å². The number of benzene rings is 1. The molecule has 0 spiro atoms. The van der Waals surface area contributed by atoms with E-state index in [4.69, 9.17) is 14.2 Å².